The summed E-state index contributed by atoms with van der Waals surface area (Å²) < 4.78 is 0. The van der Waals surface area contributed by atoms with Gasteiger partial charge >= 0.3 is 0 Å². The number of nitrogens with zero attached hydrogens (tertiary/aromatic N) is 1. The number of aromatic hydroxyl groups is 1. The van der Waals surface area contributed by atoms with Gasteiger partial charge in [0.05, 0.1) is 11.2 Å². The maximum Gasteiger partial charge on any atom is 0.186 e. The Morgan fingerprint density at radius 1 is 1.62 bits per heavy atom. The van der Waals surface area contributed by atoms with Gasteiger partial charge in [-0.05, 0) is 42.9 Å². The molecule has 0 spiro atoms. The van der Waals surface area contributed by atoms with Gasteiger partial charge < -0.3 is 10.4 Å². The average Bonchev–Trinajstić information content (AvgIpc) is 2.24. The highest BCUT2D eigenvalue weighted by Crippen LogP contribution is 2.22. The molecule has 3 N–H and O–H groups in total. The van der Waals surface area contributed by atoms with E-state index in [1.165, 1.54) is 6.07 Å². The van der Waals surface area contributed by atoms with Crippen LogP contribution in [-0.2, 0) is 0 Å². The fraction of sp³-hybridized carbons (Fsp3) is 0.200. The second-order valence-corrected chi connectivity index (χ2v) is 3.76. The number of hydrogen-bond donors (Lipinski definition) is 3. The number of phenolic OH excluding ortho intramolecular Hbond substituents is 1. The minimum absolute atomic E-state index is 0.0509. The monoisotopic (exact) mass is 257 g/mol. The first-order valence-corrected chi connectivity index (χ1v) is 5.47. The van der Waals surface area contributed by atoms with Crippen molar-refractivity contribution in [1.82, 2.24) is 10.7 Å². The number of hydrogen-bond acceptors (Lipinski definition) is 3. The van der Waals surface area contributed by atoms with E-state index in [4.69, 9.17) is 23.8 Å². The molecule has 0 fully saturated rings. The van der Waals surface area contributed by atoms with E-state index in [1.807, 2.05) is 6.92 Å². The van der Waals surface area contributed by atoms with Crippen LogP contribution < -0.4 is 10.7 Å². The molecule has 0 radical (unpaired) electrons. The van der Waals surface area contributed by atoms with Crippen LogP contribution in [0.2, 0.25) is 5.02 Å². The molecule has 16 heavy (non-hydrogen) atoms. The largest absolute Gasteiger partial charge is 0.506 e. The molecule has 0 aliphatic carbocycles. The van der Waals surface area contributed by atoms with E-state index in [1.54, 1.807) is 18.3 Å². The SMILES string of the molecule is CCNC(=S)N/N=C\c1ccc(O)c(Cl)c1. The van der Waals surface area contributed by atoms with Crippen LogP contribution in [0.3, 0.4) is 0 Å². The van der Waals surface area contributed by atoms with Gasteiger partial charge in [0, 0.05) is 6.54 Å². The number of nitrogens with one attached hydrogen (secondary N) is 2. The quantitative estimate of drug-likeness (QED) is 0.440. The van der Waals surface area contributed by atoms with Gasteiger partial charge in [0.15, 0.2) is 5.11 Å². The Kier molecular flexibility index (Phi) is 5.01. The zero-order chi connectivity index (χ0) is 12.0. The third kappa shape index (κ3) is 4.04. The third-order valence-corrected chi connectivity index (χ3v) is 2.23. The molecule has 0 aliphatic heterocycles. The molecule has 1 aromatic rings. The molecule has 1 aromatic carbocycles. The second kappa shape index (κ2) is 6.30. The molecule has 0 amide bonds. The Balaban J connectivity index is 2.56. The predicted molar refractivity (Wildman–Crippen MR) is 70.1 cm³/mol. The number of hydrazone groups is 1. The van der Waals surface area contributed by atoms with Crippen LogP contribution in [-0.4, -0.2) is 23.0 Å². The zero-order valence-corrected chi connectivity index (χ0v) is 10.3. The van der Waals surface area contributed by atoms with Crippen molar-refractivity contribution in [2.24, 2.45) is 5.10 Å². The van der Waals surface area contributed by atoms with Gasteiger partial charge in [-0.2, -0.15) is 5.10 Å². The molecule has 0 aromatic heterocycles. The van der Waals surface area contributed by atoms with Gasteiger partial charge in [0.2, 0.25) is 0 Å². The van der Waals surface area contributed by atoms with E-state index in [2.05, 4.69) is 15.8 Å². The maximum atomic E-state index is 9.20. The van der Waals surface area contributed by atoms with Crippen LogP contribution in [0, 0.1) is 0 Å². The van der Waals surface area contributed by atoms with Crippen LogP contribution in [0.4, 0.5) is 0 Å². The van der Waals surface area contributed by atoms with Gasteiger partial charge in [0.25, 0.3) is 0 Å². The number of rotatable bonds is 3. The standard InChI is InChI=1S/C10H12ClN3OS/c1-2-12-10(16)14-13-6-7-3-4-9(15)8(11)5-7/h3-6,15H,2H2,1H3,(H2,12,14,16)/b13-6-. The molecule has 6 heteroatoms. The number of halogens is 1. The first-order chi connectivity index (χ1) is 7.63. The van der Waals surface area contributed by atoms with Crippen molar-refractivity contribution in [3.8, 4) is 5.75 Å². The summed E-state index contributed by atoms with van der Waals surface area (Å²) in [6.07, 6.45) is 1.56. The molecule has 0 aliphatic rings. The van der Waals surface area contributed by atoms with Crippen molar-refractivity contribution in [2.75, 3.05) is 6.54 Å². The number of benzene rings is 1. The van der Waals surface area contributed by atoms with E-state index in [0.29, 0.717) is 10.1 Å². The lowest BCUT2D eigenvalue weighted by Gasteiger charge is -2.02. The van der Waals surface area contributed by atoms with Crippen LogP contribution in [0.25, 0.3) is 0 Å². The van der Waals surface area contributed by atoms with Gasteiger partial charge in [-0.15, -0.1) is 0 Å². The average molecular weight is 258 g/mol. The summed E-state index contributed by atoms with van der Waals surface area (Å²) in [4.78, 5) is 0. The summed E-state index contributed by atoms with van der Waals surface area (Å²) in [7, 11) is 0. The molecule has 0 atom stereocenters. The molecular formula is C10H12ClN3OS. The lowest BCUT2D eigenvalue weighted by molar-refractivity contribution is 0.475. The van der Waals surface area contributed by atoms with Crippen molar-refractivity contribution < 1.29 is 5.11 Å². The van der Waals surface area contributed by atoms with Crippen molar-refractivity contribution in [2.45, 2.75) is 6.92 Å². The Hall–Kier alpha value is -1.33. The fourth-order valence-electron chi connectivity index (χ4n) is 0.969. The summed E-state index contributed by atoms with van der Waals surface area (Å²) in [6.45, 7) is 2.68. The summed E-state index contributed by atoms with van der Waals surface area (Å²) in [5.41, 5.74) is 3.42. The van der Waals surface area contributed by atoms with Crippen LogP contribution in [0.15, 0.2) is 23.3 Å². The van der Waals surface area contributed by atoms with E-state index < -0.39 is 0 Å². The summed E-state index contributed by atoms with van der Waals surface area (Å²) in [5, 5.41) is 16.8. The Labute approximate surface area is 104 Å². The van der Waals surface area contributed by atoms with Crippen LogP contribution in [0.1, 0.15) is 12.5 Å². The van der Waals surface area contributed by atoms with E-state index >= 15 is 0 Å². The van der Waals surface area contributed by atoms with E-state index in [9.17, 15) is 5.11 Å². The third-order valence-electron chi connectivity index (χ3n) is 1.69. The lowest BCUT2D eigenvalue weighted by atomic mass is 10.2. The Bertz CT molecular complexity index is 409. The zero-order valence-electron chi connectivity index (χ0n) is 8.70. The van der Waals surface area contributed by atoms with Crippen molar-refractivity contribution in [3.05, 3.63) is 28.8 Å². The van der Waals surface area contributed by atoms with Gasteiger partial charge in [-0.3, -0.25) is 5.43 Å². The second-order valence-electron chi connectivity index (χ2n) is 2.94. The maximum absolute atomic E-state index is 9.20. The molecule has 0 unspecified atom stereocenters. The smallest absolute Gasteiger partial charge is 0.186 e. The minimum atomic E-state index is 0.0509. The Morgan fingerprint density at radius 3 is 3.00 bits per heavy atom. The molecular weight excluding hydrogens is 246 g/mol. The summed E-state index contributed by atoms with van der Waals surface area (Å²) >= 11 is 10.6. The van der Waals surface area contributed by atoms with Crippen LogP contribution >= 0.6 is 23.8 Å². The molecule has 0 saturated heterocycles. The lowest BCUT2D eigenvalue weighted by Crippen LogP contribution is -2.31. The molecule has 0 heterocycles. The van der Waals surface area contributed by atoms with Gasteiger partial charge in [-0.1, -0.05) is 11.6 Å². The van der Waals surface area contributed by atoms with Gasteiger partial charge in [0.1, 0.15) is 5.75 Å². The highest BCUT2D eigenvalue weighted by Gasteiger charge is 1.97. The van der Waals surface area contributed by atoms with Gasteiger partial charge in [-0.25, -0.2) is 0 Å². The first-order valence-electron chi connectivity index (χ1n) is 4.69. The van der Waals surface area contributed by atoms with Crippen molar-refractivity contribution >= 4 is 35.1 Å². The van der Waals surface area contributed by atoms with Crippen molar-refractivity contribution in [1.29, 1.82) is 0 Å². The topological polar surface area (TPSA) is 56.7 Å². The first kappa shape index (κ1) is 12.7. The normalized spacial score (nSPS) is 10.4. The van der Waals surface area contributed by atoms with E-state index in [-0.39, 0.29) is 5.75 Å². The molecule has 1 rings (SSSR count). The fourth-order valence-corrected chi connectivity index (χ4v) is 1.35. The Morgan fingerprint density at radius 2 is 2.38 bits per heavy atom. The molecule has 0 saturated carbocycles. The van der Waals surface area contributed by atoms with Crippen LogP contribution in [0.5, 0.6) is 5.75 Å². The minimum Gasteiger partial charge on any atom is -0.506 e. The van der Waals surface area contributed by atoms with E-state index in [0.717, 1.165) is 12.1 Å². The molecule has 0 bridgehead atoms. The number of thiocarbonyl (C=S) groups is 1. The van der Waals surface area contributed by atoms with Crippen molar-refractivity contribution in [3.63, 3.8) is 0 Å². The highest BCUT2D eigenvalue weighted by molar-refractivity contribution is 7.80. The predicted octanol–water partition coefficient (Wildman–Crippen LogP) is 1.86. The summed E-state index contributed by atoms with van der Waals surface area (Å²) in [5.74, 6) is 0.0509. The summed E-state index contributed by atoms with van der Waals surface area (Å²) in [6, 6.07) is 4.81. The number of phenols is 1. The molecule has 4 nitrogen and oxygen atoms in total. The molecule has 86 valence electrons. The highest BCUT2D eigenvalue weighted by atomic mass is 35.5.